The highest BCUT2D eigenvalue weighted by Crippen LogP contribution is 2.19. The maximum Gasteiger partial charge on any atom is 0.513 e. The molecule has 0 aromatic heterocycles. The van der Waals surface area contributed by atoms with Crippen molar-refractivity contribution >= 4 is 33.4 Å². The predicted octanol–water partition coefficient (Wildman–Crippen LogP) is 0.824. The van der Waals surface area contributed by atoms with Gasteiger partial charge in [0.05, 0.1) is 4.87 Å². The van der Waals surface area contributed by atoms with Crippen molar-refractivity contribution in [3.05, 3.63) is 12.2 Å². The molecule has 0 aliphatic rings. The second kappa shape index (κ2) is 11.0. The third kappa shape index (κ3) is 8.78. The van der Waals surface area contributed by atoms with E-state index in [1.807, 2.05) is 6.92 Å². The second-order valence-electron chi connectivity index (χ2n) is 3.15. The standard InChI is InChI=1S/C6H16O3SSi.C4H4O4/c1-5-6(10)11(7-2,8-3)9-4;5-3(6)1-2-4(7)8/h6,10H,5H2,1-4H3;1-2H,(H,5,6)(H,7,8)/b;2-1-. The molecular formula is C10H20O7SSi. The Bertz CT molecular complexity index is 280. The summed E-state index contributed by atoms with van der Waals surface area (Å²) in [5, 5.41) is 15.6. The van der Waals surface area contributed by atoms with Gasteiger partial charge in [-0.3, -0.25) is 0 Å². The summed E-state index contributed by atoms with van der Waals surface area (Å²) >= 11 is 4.34. The fourth-order valence-electron chi connectivity index (χ4n) is 1.05. The second-order valence-corrected chi connectivity index (χ2v) is 7.39. The Hall–Kier alpha value is -0.873. The average Bonchev–Trinajstić information content (AvgIpc) is 2.39. The van der Waals surface area contributed by atoms with Gasteiger partial charge >= 0.3 is 20.7 Å². The van der Waals surface area contributed by atoms with E-state index in [4.69, 9.17) is 23.5 Å². The maximum absolute atomic E-state index is 9.55. The molecule has 0 radical (unpaired) electrons. The van der Waals surface area contributed by atoms with Gasteiger partial charge < -0.3 is 23.5 Å². The smallest absolute Gasteiger partial charge is 0.478 e. The van der Waals surface area contributed by atoms with Crippen LogP contribution in [0.4, 0.5) is 0 Å². The molecule has 19 heavy (non-hydrogen) atoms. The van der Waals surface area contributed by atoms with E-state index in [-0.39, 0.29) is 4.87 Å². The van der Waals surface area contributed by atoms with Crippen LogP contribution < -0.4 is 0 Å². The van der Waals surface area contributed by atoms with Crippen LogP contribution in [0.15, 0.2) is 12.2 Å². The lowest BCUT2D eigenvalue weighted by atomic mass is 10.5. The van der Waals surface area contributed by atoms with Gasteiger partial charge in [0, 0.05) is 33.5 Å². The van der Waals surface area contributed by atoms with E-state index < -0.39 is 20.7 Å². The highest BCUT2D eigenvalue weighted by molar-refractivity contribution is 7.83. The van der Waals surface area contributed by atoms with Crippen LogP contribution in [0, 0.1) is 0 Å². The van der Waals surface area contributed by atoms with Gasteiger partial charge in [0.1, 0.15) is 0 Å². The number of aliphatic carboxylic acids is 2. The van der Waals surface area contributed by atoms with Crippen molar-refractivity contribution in [2.45, 2.75) is 18.2 Å². The summed E-state index contributed by atoms with van der Waals surface area (Å²) in [6.07, 6.45) is 2.00. The predicted molar refractivity (Wildman–Crippen MR) is 74.3 cm³/mol. The highest BCUT2D eigenvalue weighted by atomic mass is 32.1. The molecule has 0 rings (SSSR count). The molecule has 0 saturated carbocycles. The van der Waals surface area contributed by atoms with Crippen LogP contribution in [0.5, 0.6) is 0 Å². The first kappa shape index (κ1) is 20.4. The van der Waals surface area contributed by atoms with E-state index in [0.29, 0.717) is 12.2 Å². The molecular weight excluding hydrogens is 292 g/mol. The monoisotopic (exact) mass is 312 g/mol. The zero-order chi connectivity index (χ0) is 15.5. The SMILES string of the molecule is CCC(S)[Si](OC)(OC)OC.O=C(O)/C=C\C(=O)O. The average molecular weight is 312 g/mol. The molecule has 0 spiro atoms. The van der Waals surface area contributed by atoms with Crippen molar-refractivity contribution < 1.29 is 33.1 Å². The van der Waals surface area contributed by atoms with Gasteiger partial charge in [-0.1, -0.05) is 6.92 Å². The maximum atomic E-state index is 9.55. The van der Waals surface area contributed by atoms with Crippen LogP contribution in [0.25, 0.3) is 0 Å². The van der Waals surface area contributed by atoms with Crippen molar-refractivity contribution in [1.82, 2.24) is 0 Å². The van der Waals surface area contributed by atoms with Crippen molar-refractivity contribution in [3.8, 4) is 0 Å². The molecule has 112 valence electrons. The number of hydrogen-bond acceptors (Lipinski definition) is 6. The van der Waals surface area contributed by atoms with E-state index in [1.165, 1.54) is 0 Å². The zero-order valence-corrected chi connectivity index (χ0v) is 13.2. The lowest BCUT2D eigenvalue weighted by Gasteiger charge is -2.28. The fourth-order valence-corrected chi connectivity index (χ4v) is 3.82. The summed E-state index contributed by atoms with van der Waals surface area (Å²) in [7, 11) is 2.33. The largest absolute Gasteiger partial charge is 0.513 e. The molecule has 0 aliphatic heterocycles. The van der Waals surface area contributed by atoms with Crippen LogP contribution in [0.3, 0.4) is 0 Å². The highest BCUT2D eigenvalue weighted by Gasteiger charge is 2.44. The summed E-state index contributed by atoms with van der Waals surface area (Å²) in [5.74, 6) is -2.51. The number of rotatable bonds is 7. The lowest BCUT2D eigenvalue weighted by molar-refractivity contribution is -0.134. The van der Waals surface area contributed by atoms with Crippen LogP contribution >= 0.6 is 12.6 Å². The summed E-state index contributed by atoms with van der Waals surface area (Å²) in [6.45, 7) is 2.02. The van der Waals surface area contributed by atoms with Gasteiger partial charge in [-0.2, -0.15) is 12.6 Å². The molecule has 7 nitrogen and oxygen atoms in total. The van der Waals surface area contributed by atoms with Gasteiger partial charge in [-0.25, -0.2) is 9.59 Å². The van der Waals surface area contributed by atoms with Crippen LogP contribution in [0.1, 0.15) is 13.3 Å². The summed E-state index contributed by atoms with van der Waals surface area (Å²) in [5.41, 5.74) is 0. The van der Waals surface area contributed by atoms with Crippen molar-refractivity contribution in [2.24, 2.45) is 0 Å². The quantitative estimate of drug-likeness (QED) is 0.363. The molecule has 1 unspecified atom stereocenters. The molecule has 9 heteroatoms. The van der Waals surface area contributed by atoms with E-state index in [1.54, 1.807) is 21.3 Å². The van der Waals surface area contributed by atoms with E-state index in [9.17, 15) is 9.59 Å². The Labute approximate surface area is 118 Å². The molecule has 0 saturated heterocycles. The zero-order valence-electron chi connectivity index (χ0n) is 11.3. The van der Waals surface area contributed by atoms with E-state index in [0.717, 1.165) is 6.42 Å². The van der Waals surface area contributed by atoms with Gasteiger partial charge in [0.15, 0.2) is 0 Å². The van der Waals surface area contributed by atoms with Crippen molar-refractivity contribution in [3.63, 3.8) is 0 Å². The minimum atomic E-state index is -2.46. The van der Waals surface area contributed by atoms with Crippen molar-refractivity contribution in [1.29, 1.82) is 0 Å². The minimum Gasteiger partial charge on any atom is -0.478 e. The number of carboxylic acids is 2. The third-order valence-corrected chi connectivity index (χ3v) is 6.26. The molecule has 2 N–H and O–H groups in total. The molecule has 0 heterocycles. The Morgan fingerprint density at radius 3 is 1.53 bits per heavy atom. The van der Waals surface area contributed by atoms with Crippen molar-refractivity contribution in [2.75, 3.05) is 21.3 Å². The van der Waals surface area contributed by atoms with Gasteiger partial charge in [0.25, 0.3) is 0 Å². The topological polar surface area (TPSA) is 102 Å². The van der Waals surface area contributed by atoms with Crippen LogP contribution in [-0.2, 0) is 22.9 Å². The first-order valence-electron chi connectivity index (χ1n) is 5.27. The number of thiol groups is 1. The number of carbonyl (C=O) groups is 2. The molecule has 0 aromatic carbocycles. The first-order chi connectivity index (χ1) is 8.79. The van der Waals surface area contributed by atoms with Gasteiger partial charge in [0.2, 0.25) is 0 Å². The molecule has 0 fully saturated rings. The molecule has 0 amide bonds. The lowest BCUT2D eigenvalue weighted by Crippen LogP contribution is -2.51. The molecule has 1 atom stereocenters. The minimum absolute atomic E-state index is 0.0579. The van der Waals surface area contributed by atoms with Crippen LogP contribution in [0.2, 0.25) is 0 Å². The number of carboxylic acid groups (broad SMARTS) is 2. The van der Waals surface area contributed by atoms with Crippen LogP contribution in [-0.4, -0.2) is 57.2 Å². The summed E-state index contributed by atoms with van der Waals surface area (Å²) in [6, 6.07) is 0. The van der Waals surface area contributed by atoms with Gasteiger partial charge in [-0.15, -0.1) is 0 Å². The van der Waals surface area contributed by atoms with E-state index >= 15 is 0 Å². The molecule has 0 bridgehead atoms. The normalized spacial score (nSPS) is 12.7. The fraction of sp³-hybridized carbons (Fsp3) is 0.600. The number of hydrogen-bond donors (Lipinski definition) is 3. The molecule has 0 aliphatic carbocycles. The van der Waals surface area contributed by atoms with E-state index in [2.05, 4.69) is 12.6 Å². The first-order valence-corrected chi connectivity index (χ1v) is 7.58. The Morgan fingerprint density at radius 2 is 1.42 bits per heavy atom. The Balaban J connectivity index is 0. The summed E-state index contributed by atoms with van der Waals surface area (Å²) < 4.78 is 15.6. The van der Waals surface area contributed by atoms with Gasteiger partial charge in [-0.05, 0) is 6.42 Å². The third-order valence-electron chi connectivity index (χ3n) is 2.02. The Kier molecular flexibility index (Phi) is 11.8. The Morgan fingerprint density at radius 1 is 1.11 bits per heavy atom. The summed E-state index contributed by atoms with van der Waals surface area (Å²) in [4.78, 5) is 19.2. The molecule has 0 aromatic rings.